The second-order valence-corrected chi connectivity index (χ2v) is 6.37. The molecule has 2 aromatic heterocycles. The summed E-state index contributed by atoms with van der Waals surface area (Å²) in [6, 6.07) is 9.86. The predicted octanol–water partition coefficient (Wildman–Crippen LogP) is 3.84. The highest BCUT2D eigenvalue weighted by molar-refractivity contribution is 5.95. The third kappa shape index (κ3) is 3.33. The Balaban J connectivity index is 1.88. The quantitative estimate of drug-likeness (QED) is 0.784. The first-order chi connectivity index (χ1) is 11.9. The van der Waals surface area contributed by atoms with Gasteiger partial charge in [-0.3, -0.25) is 4.79 Å². The Morgan fingerprint density at radius 2 is 1.84 bits per heavy atom. The van der Waals surface area contributed by atoms with Crippen molar-refractivity contribution in [1.82, 2.24) is 14.9 Å². The lowest BCUT2D eigenvalue weighted by atomic mass is 9.99. The van der Waals surface area contributed by atoms with Gasteiger partial charge in [0, 0.05) is 11.6 Å². The fourth-order valence-corrected chi connectivity index (χ4v) is 2.95. The Hall–Kier alpha value is -2.89. The van der Waals surface area contributed by atoms with Crippen LogP contribution in [0.1, 0.15) is 41.1 Å². The Morgan fingerprint density at radius 3 is 2.44 bits per heavy atom. The first kappa shape index (κ1) is 17.0. The number of aromatic nitrogens is 3. The molecule has 1 N–H and O–H groups in total. The summed E-state index contributed by atoms with van der Waals surface area (Å²) in [4.78, 5) is 12.7. The number of hydrogen-bond acceptors (Lipinski definition) is 4. The minimum atomic E-state index is -0.368. The molecule has 0 spiro atoms. The molecule has 130 valence electrons. The molecule has 0 aliphatic carbocycles. The molecule has 0 aliphatic rings. The van der Waals surface area contributed by atoms with E-state index in [0.29, 0.717) is 11.6 Å². The van der Waals surface area contributed by atoms with E-state index in [4.69, 9.17) is 4.52 Å². The number of nitrogens with one attached hydrogen (secondary N) is 1. The van der Waals surface area contributed by atoms with Crippen LogP contribution in [0.2, 0.25) is 0 Å². The Morgan fingerprint density at radius 1 is 1.16 bits per heavy atom. The fraction of sp³-hybridized carbons (Fsp3) is 0.316. The zero-order valence-electron chi connectivity index (χ0n) is 15.1. The summed E-state index contributed by atoms with van der Waals surface area (Å²) in [5.74, 6) is 0.823. The third-order valence-electron chi connectivity index (χ3n) is 4.28. The van der Waals surface area contributed by atoms with Gasteiger partial charge >= 0.3 is 0 Å². The molecule has 0 aliphatic heterocycles. The zero-order chi connectivity index (χ0) is 18.1. The van der Waals surface area contributed by atoms with Crippen LogP contribution in [0.4, 0.5) is 5.82 Å². The summed E-state index contributed by atoms with van der Waals surface area (Å²) in [6.45, 7) is 9.45. The molecule has 0 radical (unpaired) electrons. The zero-order valence-corrected chi connectivity index (χ0v) is 15.1. The summed E-state index contributed by atoms with van der Waals surface area (Å²) >= 11 is 0. The van der Waals surface area contributed by atoms with Crippen molar-refractivity contribution < 1.29 is 9.32 Å². The normalized spacial score (nSPS) is 12.2. The van der Waals surface area contributed by atoms with Gasteiger partial charge in [-0.25, -0.2) is 4.68 Å². The molecule has 2 heterocycles. The van der Waals surface area contributed by atoms with Gasteiger partial charge in [-0.1, -0.05) is 22.9 Å². The molecule has 6 heteroatoms. The highest BCUT2D eigenvalue weighted by Gasteiger charge is 2.24. The van der Waals surface area contributed by atoms with Crippen molar-refractivity contribution in [3.63, 3.8) is 0 Å². The molecule has 3 rings (SSSR count). The number of amides is 1. The lowest BCUT2D eigenvalue weighted by Gasteiger charge is -2.13. The maximum absolute atomic E-state index is 12.7. The second-order valence-electron chi connectivity index (χ2n) is 6.37. The minimum Gasteiger partial charge on any atom is -0.361 e. The van der Waals surface area contributed by atoms with E-state index >= 15 is 0 Å². The molecule has 1 atom stereocenters. The Labute approximate surface area is 146 Å². The van der Waals surface area contributed by atoms with Gasteiger partial charge in [-0.05, 0) is 46.8 Å². The summed E-state index contributed by atoms with van der Waals surface area (Å²) in [5, 5.41) is 11.4. The highest BCUT2D eigenvalue weighted by Crippen LogP contribution is 2.25. The minimum absolute atomic E-state index is 0.123. The maximum atomic E-state index is 12.7. The lowest BCUT2D eigenvalue weighted by molar-refractivity contribution is -0.117. The molecule has 0 bridgehead atoms. The van der Waals surface area contributed by atoms with Gasteiger partial charge in [0.15, 0.2) is 0 Å². The molecule has 6 nitrogen and oxygen atoms in total. The maximum Gasteiger partial charge on any atom is 0.232 e. The summed E-state index contributed by atoms with van der Waals surface area (Å²) < 4.78 is 6.92. The summed E-state index contributed by atoms with van der Waals surface area (Å²) in [7, 11) is 0. The summed E-state index contributed by atoms with van der Waals surface area (Å²) in [5.41, 5.74) is 4.48. The van der Waals surface area contributed by atoms with Crippen LogP contribution in [0.25, 0.3) is 5.69 Å². The Bertz CT molecular complexity index is 887. The van der Waals surface area contributed by atoms with Crippen LogP contribution >= 0.6 is 0 Å². The topological polar surface area (TPSA) is 73.0 Å². The van der Waals surface area contributed by atoms with Crippen LogP contribution in [0.5, 0.6) is 0 Å². The molecule has 1 unspecified atom stereocenters. The molecule has 3 aromatic rings. The van der Waals surface area contributed by atoms with E-state index in [2.05, 4.69) is 15.6 Å². The summed E-state index contributed by atoms with van der Waals surface area (Å²) in [6.07, 6.45) is 0. The predicted molar refractivity (Wildman–Crippen MR) is 96.1 cm³/mol. The van der Waals surface area contributed by atoms with Crippen molar-refractivity contribution in [2.75, 3.05) is 5.32 Å². The van der Waals surface area contributed by atoms with Crippen LogP contribution in [0.3, 0.4) is 0 Å². The van der Waals surface area contributed by atoms with E-state index in [0.717, 1.165) is 22.6 Å². The van der Waals surface area contributed by atoms with Gasteiger partial charge < -0.3 is 9.84 Å². The van der Waals surface area contributed by atoms with Gasteiger partial charge in [0.1, 0.15) is 11.6 Å². The number of hydrogen-bond donors (Lipinski definition) is 1. The van der Waals surface area contributed by atoms with Crippen LogP contribution in [-0.2, 0) is 4.79 Å². The molecule has 1 aromatic carbocycles. The molecule has 0 saturated carbocycles. The molecule has 0 fully saturated rings. The lowest BCUT2D eigenvalue weighted by Crippen LogP contribution is -2.21. The molecular formula is C19H22N4O2. The van der Waals surface area contributed by atoms with Crippen molar-refractivity contribution in [1.29, 1.82) is 0 Å². The van der Waals surface area contributed by atoms with E-state index in [-0.39, 0.29) is 11.8 Å². The number of benzene rings is 1. The van der Waals surface area contributed by atoms with E-state index in [9.17, 15) is 4.79 Å². The monoisotopic (exact) mass is 338 g/mol. The van der Waals surface area contributed by atoms with Crippen molar-refractivity contribution in [2.45, 2.75) is 40.5 Å². The molecule has 25 heavy (non-hydrogen) atoms. The number of nitrogens with zero attached hydrogens (tertiary/aromatic N) is 3. The van der Waals surface area contributed by atoms with Gasteiger partial charge in [0.25, 0.3) is 0 Å². The number of aryl methyl sites for hydroxylation is 4. The van der Waals surface area contributed by atoms with Crippen molar-refractivity contribution >= 4 is 11.7 Å². The number of rotatable bonds is 4. The number of anilines is 1. The second kappa shape index (κ2) is 6.55. The van der Waals surface area contributed by atoms with Crippen molar-refractivity contribution in [3.05, 3.63) is 58.6 Å². The van der Waals surface area contributed by atoms with Crippen LogP contribution < -0.4 is 5.32 Å². The number of carbonyl (C=O) groups is 1. The van der Waals surface area contributed by atoms with Gasteiger partial charge in [-0.2, -0.15) is 5.10 Å². The largest absolute Gasteiger partial charge is 0.361 e. The van der Waals surface area contributed by atoms with Crippen molar-refractivity contribution in [3.8, 4) is 5.69 Å². The smallest absolute Gasteiger partial charge is 0.232 e. The SMILES string of the molecule is Cc1ccc(-n2nc(C)cc2NC(=O)C(C)c2c(C)noc2C)cc1. The Kier molecular flexibility index (Phi) is 4.44. The average Bonchev–Trinajstić information content (AvgIpc) is 3.09. The van der Waals surface area contributed by atoms with E-state index in [1.165, 1.54) is 5.56 Å². The average molecular weight is 338 g/mol. The van der Waals surface area contributed by atoms with E-state index in [1.54, 1.807) is 4.68 Å². The van der Waals surface area contributed by atoms with Gasteiger partial charge in [-0.15, -0.1) is 0 Å². The van der Waals surface area contributed by atoms with E-state index < -0.39 is 0 Å². The third-order valence-corrected chi connectivity index (χ3v) is 4.28. The first-order valence-electron chi connectivity index (χ1n) is 8.24. The fourth-order valence-electron chi connectivity index (χ4n) is 2.95. The van der Waals surface area contributed by atoms with Gasteiger partial charge in [0.2, 0.25) is 5.91 Å². The first-order valence-corrected chi connectivity index (χ1v) is 8.24. The molecule has 0 saturated heterocycles. The number of carbonyl (C=O) groups excluding carboxylic acids is 1. The van der Waals surface area contributed by atoms with Gasteiger partial charge in [0.05, 0.1) is 23.0 Å². The molecular weight excluding hydrogens is 316 g/mol. The van der Waals surface area contributed by atoms with E-state index in [1.807, 2.05) is 65.0 Å². The van der Waals surface area contributed by atoms with Crippen molar-refractivity contribution in [2.24, 2.45) is 0 Å². The highest BCUT2D eigenvalue weighted by atomic mass is 16.5. The van der Waals surface area contributed by atoms with Crippen LogP contribution in [-0.4, -0.2) is 20.8 Å². The van der Waals surface area contributed by atoms with Crippen LogP contribution in [0, 0.1) is 27.7 Å². The standard InChI is InChI=1S/C19H22N4O2/c1-11-6-8-16(9-7-11)23-17(10-12(2)21-23)20-19(24)13(3)18-14(4)22-25-15(18)5/h6-10,13H,1-5H3,(H,20,24). The molecule has 1 amide bonds. The van der Waals surface area contributed by atoms with Crippen LogP contribution in [0.15, 0.2) is 34.9 Å².